The third kappa shape index (κ3) is 3.08. The van der Waals surface area contributed by atoms with Crippen LogP contribution in [0.15, 0.2) is 33.9 Å². The monoisotopic (exact) mass is 254 g/mol. The van der Waals surface area contributed by atoms with Gasteiger partial charge in [-0.1, -0.05) is 17.2 Å². The number of hydrogen-bond acceptors (Lipinski definition) is 2. The molecule has 72 valence electrons. The maximum atomic E-state index is 11.1. The first kappa shape index (κ1) is 10.6. The minimum atomic E-state index is -0.338. The zero-order valence-electron chi connectivity index (χ0n) is 7.14. The van der Waals surface area contributed by atoms with Crippen molar-refractivity contribution in [1.29, 1.82) is 0 Å². The zero-order chi connectivity index (χ0) is 10.4. The highest BCUT2D eigenvalue weighted by Crippen LogP contribution is 2.20. The largest absolute Gasteiger partial charge is 0.325 e. The molecule has 0 fully saturated rings. The van der Waals surface area contributed by atoms with E-state index in [2.05, 4.69) is 31.3 Å². The van der Waals surface area contributed by atoms with Crippen LogP contribution in [0.5, 0.6) is 0 Å². The summed E-state index contributed by atoms with van der Waals surface area (Å²) in [6.07, 6.45) is 0. The predicted octanol–water partition coefficient (Wildman–Crippen LogP) is 2.70. The van der Waals surface area contributed by atoms with Crippen molar-refractivity contribution in [1.82, 2.24) is 0 Å². The normalized spacial score (nSPS) is 8.93. The molecule has 0 saturated heterocycles. The van der Waals surface area contributed by atoms with Crippen molar-refractivity contribution in [2.75, 3.05) is 11.9 Å². The smallest absolute Gasteiger partial charge is 0.230 e. The van der Waals surface area contributed by atoms with Crippen molar-refractivity contribution in [3.8, 4) is 0 Å². The van der Waals surface area contributed by atoms with Gasteiger partial charge in [0.1, 0.15) is 6.54 Å². The molecule has 0 heterocycles. The summed E-state index contributed by atoms with van der Waals surface area (Å²) in [5.74, 6) is -0.338. The zero-order valence-corrected chi connectivity index (χ0v) is 8.73. The highest BCUT2D eigenvalue weighted by molar-refractivity contribution is 9.10. The molecule has 0 saturated carbocycles. The Morgan fingerprint density at radius 3 is 2.93 bits per heavy atom. The average Bonchev–Trinajstić information content (AvgIpc) is 2.18. The molecule has 5 nitrogen and oxygen atoms in total. The number of hydrogen-bond donors (Lipinski definition) is 1. The second-order valence-corrected chi connectivity index (χ2v) is 3.27. The third-order valence-electron chi connectivity index (χ3n) is 1.43. The fourth-order valence-corrected chi connectivity index (χ4v) is 1.23. The van der Waals surface area contributed by atoms with E-state index in [1.165, 1.54) is 0 Å². The van der Waals surface area contributed by atoms with Gasteiger partial charge in [0.05, 0.1) is 5.69 Å². The lowest BCUT2D eigenvalue weighted by molar-refractivity contribution is -0.114. The van der Waals surface area contributed by atoms with Crippen LogP contribution in [0.3, 0.4) is 0 Å². The van der Waals surface area contributed by atoms with Gasteiger partial charge < -0.3 is 5.32 Å². The number of halogens is 1. The Balaban J connectivity index is 2.65. The Hall–Kier alpha value is -1.52. The number of nitrogens with one attached hydrogen (secondary N) is 1. The second-order valence-electron chi connectivity index (χ2n) is 2.42. The molecule has 1 rings (SSSR count). The number of rotatable bonds is 3. The van der Waals surface area contributed by atoms with Gasteiger partial charge in [0.25, 0.3) is 0 Å². The highest BCUT2D eigenvalue weighted by Gasteiger charge is 2.02. The Labute approximate surface area is 88.9 Å². The lowest BCUT2D eigenvalue weighted by Crippen LogP contribution is -2.14. The van der Waals surface area contributed by atoms with Crippen LogP contribution in [-0.4, -0.2) is 12.5 Å². The molecule has 0 aromatic heterocycles. The number of nitrogens with zero attached hydrogens (tertiary/aromatic N) is 3. The molecule has 0 aliphatic heterocycles. The first-order valence-corrected chi connectivity index (χ1v) is 4.58. The predicted molar refractivity (Wildman–Crippen MR) is 56.8 cm³/mol. The molecule has 0 bridgehead atoms. The van der Waals surface area contributed by atoms with E-state index in [4.69, 9.17) is 5.53 Å². The number of carbonyl (C=O) groups excluding carboxylic acids is 1. The van der Waals surface area contributed by atoms with E-state index < -0.39 is 0 Å². The number of anilines is 1. The van der Waals surface area contributed by atoms with Crippen molar-refractivity contribution in [2.24, 2.45) is 5.11 Å². The number of amides is 1. The van der Waals surface area contributed by atoms with Gasteiger partial charge in [0.2, 0.25) is 5.91 Å². The SMILES string of the molecule is [N-]=[N+]=NCC(=O)Nc1ccccc1Br. The van der Waals surface area contributed by atoms with Crippen molar-refractivity contribution < 1.29 is 4.79 Å². The van der Waals surface area contributed by atoms with Crippen molar-refractivity contribution in [3.63, 3.8) is 0 Å². The first-order chi connectivity index (χ1) is 6.74. The van der Waals surface area contributed by atoms with Gasteiger partial charge >= 0.3 is 0 Å². The van der Waals surface area contributed by atoms with Crippen LogP contribution in [0.25, 0.3) is 10.4 Å². The molecule has 1 aromatic rings. The van der Waals surface area contributed by atoms with Crippen molar-refractivity contribution in [3.05, 3.63) is 39.2 Å². The Bertz CT molecular complexity index is 387. The molecule has 0 spiro atoms. The summed E-state index contributed by atoms with van der Waals surface area (Å²) in [6, 6.07) is 7.20. The lowest BCUT2D eigenvalue weighted by Gasteiger charge is -2.04. The van der Waals surface area contributed by atoms with Crippen LogP contribution < -0.4 is 5.32 Å². The molecule has 1 amide bonds. The molecule has 0 aliphatic carbocycles. The minimum Gasteiger partial charge on any atom is -0.325 e. The second kappa shape index (κ2) is 5.26. The van der Waals surface area contributed by atoms with E-state index in [0.29, 0.717) is 5.69 Å². The Kier molecular flexibility index (Phi) is 3.97. The topological polar surface area (TPSA) is 77.9 Å². The molecule has 0 unspecified atom stereocenters. The summed E-state index contributed by atoms with van der Waals surface area (Å²) < 4.78 is 0.786. The molecule has 1 aromatic carbocycles. The number of azide groups is 1. The van der Waals surface area contributed by atoms with E-state index in [9.17, 15) is 4.79 Å². The number of benzene rings is 1. The summed E-state index contributed by atoms with van der Waals surface area (Å²) in [6.45, 7) is -0.197. The van der Waals surface area contributed by atoms with E-state index in [-0.39, 0.29) is 12.5 Å². The van der Waals surface area contributed by atoms with Crippen LogP contribution in [0, 0.1) is 0 Å². The Morgan fingerprint density at radius 2 is 2.29 bits per heavy atom. The molecule has 0 radical (unpaired) electrons. The summed E-state index contributed by atoms with van der Waals surface area (Å²) in [5, 5.41) is 5.75. The minimum absolute atomic E-state index is 0.197. The fraction of sp³-hybridized carbons (Fsp3) is 0.125. The van der Waals surface area contributed by atoms with Gasteiger partial charge in [-0.2, -0.15) is 0 Å². The molecule has 14 heavy (non-hydrogen) atoms. The Morgan fingerprint density at radius 1 is 1.57 bits per heavy atom. The van der Waals surface area contributed by atoms with E-state index >= 15 is 0 Å². The van der Waals surface area contributed by atoms with Gasteiger partial charge in [0.15, 0.2) is 0 Å². The third-order valence-corrected chi connectivity index (χ3v) is 2.12. The van der Waals surface area contributed by atoms with Gasteiger partial charge in [-0.3, -0.25) is 4.79 Å². The van der Waals surface area contributed by atoms with Crippen LogP contribution in [0.4, 0.5) is 5.69 Å². The summed E-state index contributed by atoms with van der Waals surface area (Å²) in [4.78, 5) is 13.6. The summed E-state index contributed by atoms with van der Waals surface area (Å²) >= 11 is 3.27. The molecule has 6 heteroatoms. The van der Waals surface area contributed by atoms with Gasteiger partial charge in [-0.15, -0.1) is 0 Å². The van der Waals surface area contributed by atoms with Crippen molar-refractivity contribution >= 4 is 27.5 Å². The van der Waals surface area contributed by atoms with Gasteiger partial charge in [0, 0.05) is 9.38 Å². The van der Waals surface area contributed by atoms with Crippen molar-refractivity contribution in [2.45, 2.75) is 0 Å². The quantitative estimate of drug-likeness (QED) is 0.503. The number of para-hydroxylation sites is 1. The van der Waals surface area contributed by atoms with Gasteiger partial charge in [-0.05, 0) is 33.6 Å². The molecular weight excluding hydrogens is 248 g/mol. The molecular formula is C8H7BrN4O. The fourth-order valence-electron chi connectivity index (χ4n) is 0.848. The van der Waals surface area contributed by atoms with Crippen LogP contribution in [0.1, 0.15) is 0 Å². The first-order valence-electron chi connectivity index (χ1n) is 3.79. The summed E-state index contributed by atoms with van der Waals surface area (Å²) in [5.41, 5.74) is 8.66. The molecule has 1 N–H and O–H groups in total. The van der Waals surface area contributed by atoms with E-state index in [1.807, 2.05) is 12.1 Å². The van der Waals surface area contributed by atoms with Crippen LogP contribution >= 0.6 is 15.9 Å². The van der Waals surface area contributed by atoms with E-state index in [0.717, 1.165) is 4.47 Å². The number of carbonyl (C=O) groups is 1. The maximum absolute atomic E-state index is 11.1. The molecule has 0 atom stereocenters. The van der Waals surface area contributed by atoms with Crippen LogP contribution in [-0.2, 0) is 4.79 Å². The van der Waals surface area contributed by atoms with Gasteiger partial charge in [-0.25, -0.2) is 0 Å². The highest BCUT2D eigenvalue weighted by atomic mass is 79.9. The molecule has 0 aliphatic rings. The van der Waals surface area contributed by atoms with E-state index in [1.54, 1.807) is 12.1 Å². The summed E-state index contributed by atoms with van der Waals surface area (Å²) in [7, 11) is 0. The maximum Gasteiger partial charge on any atom is 0.230 e. The average molecular weight is 255 g/mol. The standard InChI is InChI=1S/C8H7BrN4O/c9-6-3-1-2-4-7(6)12-8(14)5-11-13-10/h1-4H,5H2,(H,12,14). The van der Waals surface area contributed by atoms with Crippen LogP contribution in [0.2, 0.25) is 0 Å². The lowest BCUT2D eigenvalue weighted by atomic mass is 10.3.